The highest BCUT2D eigenvalue weighted by molar-refractivity contribution is 7.90. The summed E-state index contributed by atoms with van der Waals surface area (Å²) in [6.07, 6.45) is 4.42. The van der Waals surface area contributed by atoms with Crippen molar-refractivity contribution >= 4 is 27.0 Å². The van der Waals surface area contributed by atoms with E-state index >= 15 is 0 Å². The van der Waals surface area contributed by atoms with Crippen molar-refractivity contribution in [2.75, 3.05) is 5.73 Å². The number of nitrogens with two attached hydrogens (primary N) is 1. The molecule has 0 fully saturated rings. The van der Waals surface area contributed by atoms with Crippen molar-refractivity contribution in [3.8, 4) is 11.3 Å². The molecule has 0 unspecified atom stereocenters. The van der Waals surface area contributed by atoms with Gasteiger partial charge < -0.3 is 5.73 Å². The van der Waals surface area contributed by atoms with Crippen molar-refractivity contribution < 1.29 is 12.8 Å². The molecule has 0 saturated carbocycles. The van der Waals surface area contributed by atoms with E-state index in [0.29, 0.717) is 16.6 Å². The summed E-state index contributed by atoms with van der Waals surface area (Å²) in [5, 5.41) is 0.594. The van der Waals surface area contributed by atoms with Crippen molar-refractivity contribution in [2.24, 2.45) is 0 Å². The minimum Gasteiger partial charge on any atom is -0.368 e. The van der Waals surface area contributed by atoms with Crippen molar-refractivity contribution in [2.45, 2.75) is 4.90 Å². The number of pyridine rings is 1. The lowest BCUT2D eigenvalue weighted by atomic mass is 10.1. The topological polar surface area (TPSA) is 104 Å². The van der Waals surface area contributed by atoms with E-state index in [-0.39, 0.29) is 16.5 Å². The van der Waals surface area contributed by atoms with Crippen LogP contribution in [0.2, 0.25) is 0 Å². The molecule has 0 spiro atoms. The third-order valence-electron chi connectivity index (χ3n) is 3.85. The Labute approximate surface area is 148 Å². The number of nitrogens with zero attached hydrogens (tertiary/aromatic N) is 4. The van der Waals surface area contributed by atoms with Crippen molar-refractivity contribution in [1.29, 1.82) is 0 Å². The number of aromatic nitrogens is 4. The lowest BCUT2D eigenvalue weighted by Gasteiger charge is -2.06. The summed E-state index contributed by atoms with van der Waals surface area (Å²) in [4.78, 5) is 12.1. The lowest BCUT2D eigenvalue weighted by molar-refractivity contribution is 0.587. The van der Waals surface area contributed by atoms with Crippen LogP contribution in [0.1, 0.15) is 0 Å². The van der Waals surface area contributed by atoms with Gasteiger partial charge in [-0.1, -0.05) is 0 Å². The summed E-state index contributed by atoms with van der Waals surface area (Å²) in [6.45, 7) is 0. The zero-order valence-corrected chi connectivity index (χ0v) is 14.1. The molecule has 0 aliphatic heterocycles. The smallest absolute Gasteiger partial charge is 0.269 e. The third-order valence-corrected chi connectivity index (χ3v) is 5.52. The van der Waals surface area contributed by atoms with Gasteiger partial charge in [0.05, 0.1) is 10.6 Å². The number of halogens is 1. The van der Waals surface area contributed by atoms with Crippen LogP contribution in [0.15, 0.2) is 66.0 Å². The molecule has 4 rings (SSSR count). The molecule has 3 aromatic heterocycles. The van der Waals surface area contributed by atoms with Gasteiger partial charge >= 0.3 is 0 Å². The zero-order chi connectivity index (χ0) is 18.3. The van der Waals surface area contributed by atoms with Crippen LogP contribution in [0.25, 0.3) is 22.3 Å². The number of hydrogen-bond acceptors (Lipinski definition) is 6. The monoisotopic (exact) mass is 369 g/mol. The highest BCUT2D eigenvalue weighted by Crippen LogP contribution is 2.31. The van der Waals surface area contributed by atoms with Crippen LogP contribution in [0.5, 0.6) is 0 Å². The van der Waals surface area contributed by atoms with E-state index in [9.17, 15) is 12.8 Å². The first-order valence-electron chi connectivity index (χ1n) is 7.53. The van der Waals surface area contributed by atoms with Gasteiger partial charge in [-0.05, 0) is 42.5 Å². The SMILES string of the molecule is Nc1nccc(-c2cn(S(=O)(=O)c3ccc(F)cc3)c3ncccc23)n1. The van der Waals surface area contributed by atoms with Crippen LogP contribution < -0.4 is 5.73 Å². The minimum absolute atomic E-state index is 0.0461. The average Bonchev–Trinajstić information content (AvgIpc) is 3.03. The number of fused-ring (bicyclic) bond motifs is 1. The van der Waals surface area contributed by atoms with Gasteiger partial charge in [-0.3, -0.25) is 0 Å². The van der Waals surface area contributed by atoms with Crippen LogP contribution in [0.4, 0.5) is 10.3 Å². The maximum Gasteiger partial charge on any atom is 0.269 e. The quantitative estimate of drug-likeness (QED) is 0.595. The largest absolute Gasteiger partial charge is 0.368 e. The molecule has 0 bridgehead atoms. The predicted octanol–water partition coefficient (Wildman–Crippen LogP) is 2.45. The number of hydrogen-bond donors (Lipinski definition) is 1. The molecular weight excluding hydrogens is 357 g/mol. The number of rotatable bonds is 3. The van der Waals surface area contributed by atoms with Gasteiger partial charge in [-0.2, -0.15) is 0 Å². The molecular formula is C17H12FN5O2S. The number of nitrogen functional groups attached to an aromatic ring is 1. The van der Waals surface area contributed by atoms with Gasteiger partial charge in [0.2, 0.25) is 5.95 Å². The molecule has 0 saturated heterocycles. The van der Waals surface area contributed by atoms with Crippen LogP contribution in [0, 0.1) is 5.82 Å². The molecule has 4 aromatic rings. The molecule has 26 heavy (non-hydrogen) atoms. The van der Waals surface area contributed by atoms with E-state index < -0.39 is 15.8 Å². The summed E-state index contributed by atoms with van der Waals surface area (Å²) < 4.78 is 40.2. The van der Waals surface area contributed by atoms with Crippen molar-refractivity contribution in [3.05, 3.63) is 66.9 Å². The first-order chi connectivity index (χ1) is 12.5. The van der Waals surface area contributed by atoms with Gasteiger partial charge in [-0.25, -0.2) is 31.7 Å². The van der Waals surface area contributed by atoms with Crippen molar-refractivity contribution in [3.63, 3.8) is 0 Å². The maximum absolute atomic E-state index is 13.2. The molecule has 3 heterocycles. The zero-order valence-electron chi connectivity index (χ0n) is 13.2. The normalized spacial score (nSPS) is 11.7. The highest BCUT2D eigenvalue weighted by Gasteiger charge is 2.23. The highest BCUT2D eigenvalue weighted by atomic mass is 32.2. The van der Waals surface area contributed by atoms with E-state index in [1.807, 2.05) is 0 Å². The van der Waals surface area contributed by atoms with E-state index in [1.54, 1.807) is 18.2 Å². The fourth-order valence-corrected chi connectivity index (χ4v) is 3.99. The Kier molecular flexibility index (Phi) is 3.66. The Morgan fingerprint density at radius 1 is 1.00 bits per heavy atom. The Bertz CT molecular complexity index is 1220. The fourth-order valence-electron chi connectivity index (χ4n) is 2.66. The van der Waals surface area contributed by atoms with Crippen LogP contribution in [0.3, 0.4) is 0 Å². The Morgan fingerprint density at radius 3 is 2.50 bits per heavy atom. The third kappa shape index (κ3) is 2.58. The molecule has 1 aromatic carbocycles. The van der Waals surface area contributed by atoms with Gasteiger partial charge in [-0.15, -0.1) is 0 Å². The second-order valence-electron chi connectivity index (χ2n) is 5.47. The molecule has 0 radical (unpaired) electrons. The Balaban J connectivity index is 1.98. The first kappa shape index (κ1) is 16.2. The molecule has 0 atom stereocenters. The van der Waals surface area contributed by atoms with Gasteiger partial charge in [0.15, 0.2) is 5.65 Å². The number of anilines is 1. The van der Waals surface area contributed by atoms with Gasteiger partial charge in [0, 0.05) is 29.5 Å². The fraction of sp³-hybridized carbons (Fsp3) is 0. The summed E-state index contributed by atoms with van der Waals surface area (Å²) >= 11 is 0. The van der Waals surface area contributed by atoms with Crippen LogP contribution in [-0.2, 0) is 10.0 Å². The molecule has 0 aliphatic carbocycles. The molecule has 0 amide bonds. The van der Waals surface area contributed by atoms with Crippen molar-refractivity contribution in [1.82, 2.24) is 18.9 Å². The summed E-state index contributed by atoms with van der Waals surface area (Å²) in [5.41, 5.74) is 6.90. The second kappa shape index (κ2) is 5.88. The Morgan fingerprint density at radius 2 is 1.77 bits per heavy atom. The van der Waals surface area contributed by atoms with Crippen LogP contribution >= 0.6 is 0 Å². The standard InChI is InChI=1S/C17H12FN5O2S/c18-11-3-5-12(6-4-11)26(24,25)23-10-14(13-2-1-8-20-16(13)23)15-7-9-21-17(19)22-15/h1-10H,(H2,19,21,22). The molecule has 0 aliphatic rings. The average molecular weight is 369 g/mol. The van der Waals surface area contributed by atoms with E-state index in [2.05, 4.69) is 15.0 Å². The Hall–Kier alpha value is -3.33. The molecule has 7 nitrogen and oxygen atoms in total. The van der Waals surface area contributed by atoms with Gasteiger partial charge in [0.25, 0.3) is 10.0 Å². The van der Waals surface area contributed by atoms with Gasteiger partial charge in [0.1, 0.15) is 5.82 Å². The maximum atomic E-state index is 13.2. The van der Waals surface area contributed by atoms with E-state index in [4.69, 9.17) is 5.73 Å². The second-order valence-corrected chi connectivity index (χ2v) is 7.29. The molecule has 9 heteroatoms. The first-order valence-corrected chi connectivity index (χ1v) is 8.97. The summed E-state index contributed by atoms with van der Waals surface area (Å²) in [5.74, 6) is -0.440. The molecule has 2 N–H and O–H groups in total. The molecule has 130 valence electrons. The van der Waals surface area contributed by atoms with Crippen LogP contribution in [-0.4, -0.2) is 27.3 Å². The van der Waals surface area contributed by atoms with E-state index in [1.165, 1.54) is 30.7 Å². The lowest BCUT2D eigenvalue weighted by Crippen LogP contribution is -2.12. The summed E-state index contributed by atoms with van der Waals surface area (Å²) in [6, 6.07) is 9.69. The van der Waals surface area contributed by atoms with E-state index in [0.717, 1.165) is 16.1 Å². The predicted molar refractivity (Wildman–Crippen MR) is 94.2 cm³/mol. The minimum atomic E-state index is -3.97. The number of benzene rings is 1. The summed E-state index contributed by atoms with van der Waals surface area (Å²) in [7, 11) is -3.97.